The number of carbonyl (C=O) groups is 1. The van der Waals surface area contributed by atoms with Gasteiger partial charge >= 0.3 is 0 Å². The van der Waals surface area contributed by atoms with E-state index >= 15 is 0 Å². The molecule has 0 spiro atoms. The zero-order valence-corrected chi connectivity index (χ0v) is 7.86. The lowest BCUT2D eigenvalue weighted by Gasteiger charge is -2.03. The van der Waals surface area contributed by atoms with Crippen LogP contribution in [0.2, 0.25) is 0 Å². The maximum Gasteiger partial charge on any atom is 0.161 e. The molecule has 0 unspecified atom stereocenters. The average molecular weight is 188 g/mol. The van der Waals surface area contributed by atoms with Crippen LogP contribution in [0, 0.1) is 0 Å². The molecule has 0 atom stereocenters. The fourth-order valence-electron chi connectivity index (χ4n) is 1.85. The molecule has 2 heteroatoms. The molecule has 1 aliphatic rings. The van der Waals surface area contributed by atoms with E-state index in [1.807, 2.05) is 30.3 Å². The van der Waals surface area contributed by atoms with Gasteiger partial charge < -0.3 is 5.11 Å². The number of aliphatic hydroxyl groups is 1. The molecule has 14 heavy (non-hydrogen) atoms. The molecular formula is C12H12O2. The Morgan fingerprint density at radius 1 is 1.14 bits per heavy atom. The number of Topliss-reactive ketones (excluding diaryl/α,β-unsaturated/α-hetero) is 1. The minimum atomic E-state index is -0.136. The Kier molecular flexibility index (Phi) is 2.46. The molecule has 1 aromatic carbocycles. The molecule has 0 aromatic heterocycles. The summed E-state index contributed by atoms with van der Waals surface area (Å²) in [5, 5.41) is 9.09. The van der Waals surface area contributed by atoms with Crippen LogP contribution in [0.4, 0.5) is 0 Å². The zero-order chi connectivity index (χ0) is 9.97. The first kappa shape index (κ1) is 9.16. The van der Waals surface area contributed by atoms with Crippen LogP contribution in [0.15, 0.2) is 35.9 Å². The van der Waals surface area contributed by atoms with Crippen molar-refractivity contribution in [2.75, 3.05) is 6.61 Å². The molecule has 0 saturated carbocycles. The van der Waals surface area contributed by atoms with Crippen molar-refractivity contribution >= 4 is 11.4 Å². The van der Waals surface area contributed by atoms with Gasteiger partial charge in [-0.3, -0.25) is 4.79 Å². The molecule has 0 radical (unpaired) electrons. The normalized spacial score (nSPS) is 16.5. The molecule has 1 aromatic rings. The van der Waals surface area contributed by atoms with E-state index in [0.29, 0.717) is 12.0 Å². The molecule has 2 rings (SSSR count). The number of hydrogen-bond donors (Lipinski definition) is 1. The van der Waals surface area contributed by atoms with Gasteiger partial charge in [0.1, 0.15) is 0 Å². The summed E-state index contributed by atoms with van der Waals surface area (Å²) in [5.74, 6) is 0.0892. The molecular weight excluding hydrogens is 176 g/mol. The molecule has 1 aliphatic carbocycles. The maximum atomic E-state index is 11.4. The number of rotatable bonds is 2. The number of allylic oxidation sites excluding steroid dienone is 1. The number of aliphatic hydroxyl groups excluding tert-OH is 1. The Morgan fingerprint density at radius 3 is 2.50 bits per heavy atom. The van der Waals surface area contributed by atoms with Crippen LogP contribution in [0.3, 0.4) is 0 Å². The van der Waals surface area contributed by atoms with Crippen molar-refractivity contribution in [2.45, 2.75) is 12.8 Å². The standard InChI is InChI=1S/C12H12O2/c13-8-11-10(6-7-12(11)14)9-4-2-1-3-5-9/h1-5,13H,6-8H2. The molecule has 0 saturated heterocycles. The predicted molar refractivity (Wildman–Crippen MR) is 54.7 cm³/mol. The lowest BCUT2D eigenvalue weighted by Crippen LogP contribution is -2.00. The summed E-state index contributed by atoms with van der Waals surface area (Å²) in [5.41, 5.74) is 2.66. The van der Waals surface area contributed by atoms with Gasteiger partial charge in [0, 0.05) is 12.0 Å². The SMILES string of the molecule is O=C1CCC(c2ccccc2)=C1CO. The molecule has 0 heterocycles. The molecule has 72 valence electrons. The van der Waals surface area contributed by atoms with Crippen molar-refractivity contribution in [3.8, 4) is 0 Å². The summed E-state index contributed by atoms with van der Waals surface area (Å²) < 4.78 is 0. The van der Waals surface area contributed by atoms with Gasteiger partial charge in [0.15, 0.2) is 5.78 Å². The van der Waals surface area contributed by atoms with Gasteiger partial charge in [-0.15, -0.1) is 0 Å². The van der Waals surface area contributed by atoms with Gasteiger partial charge in [-0.25, -0.2) is 0 Å². The fraction of sp³-hybridized carbons (Fsp3) is 0.250. The van der Waals surface area contributed by atoms with Crippen LogP contribution in [0.5, 0.6) is 0 Å². The van der Waals surface area contributed by atoms with Crippen LogP contribution in [-0.4, -0.2) is 17.5 Å². The van der Waals surface area contributed by atoms with Crippen LogP contribution < -0.4 is 0 Å². The molecule has 1 N–H and O–H groups in total. The quantitative estimate of drug-likeness (QED) is 0.768. The Hall–Kier alpha value is -1.41. The minimum absolute atomic E-state index is 0.0892. The van der Waals surface area contributed by atoms with E-state index < -0.39 is 0 Å². The molecule has 0 aliphatic heterocycles. The van der Waals surface area contributed by atoms with E-state index in [4.69, 9.17) is 5.11 Å². The second-order valence-electron chi connectivity index (χ2n) is 3.40. The van der Waals surface area contributed by atoms with Crippen molar-refractivity contribution in [3.05, 3.63) is 41.5 Å². The highest BCUT2D eigenvalue weighted by Crippen LogP contribution is 2.30. The first-order chi connectivity index (χ1) is 6.83. The number of benzene rings is 1. The van der Waals surface area contributed by atoms with Crippen LogP contribution in [0.1, 0.15) is 18.4 Å². The molecule has 0 bridgehead atoms. The third-order valence-corrected chi connectivity index (χ3v) is 2.58. The van der Waals surface area contributed by atoms with E-state index in [2.05, 4.69) is 0 Å². The van der Waals surface area contributed by atoms with Gasteiger partial charge in [0.25, 0.3) is 0 Å². The summed E-state index contributed by atoms with van der Waals surface area (Å²) in [4.78, 5) is 11.4. The van der Waals surface area contributed by atoms with Crippen molar-refractivity contribution in [3.63, 3.8) is 0 Å². The lowest BCUT2D eigenvalue weighted by atomic mass is 10.0. The van der Waals surface area contributed by atoms with Crippen molar-refractivity contribution in [2.24, 2.45) is 0 Å². The maximum absolute atomic E-state index is 11.4. The van der Waals surface area contributed by atoms with E-state index in [9.17, 15) is 4.79 Å². The Labute approximate surface area is 82.9 Å². The van der Waals surface area contributed by atoms with Crippen LogP contribution in [0.25, 0.3) is 5.57 Å². The van der Waals surface area contributed by atoms with E-state index in [0.717, 1.165) is 17.6 Å². The van der Waals surface area contributed by atoms with Gasteiger partial charge in [0.2, 0.25) is 0 Å². The summed E-state index contributed by atoms with van der Waals surface area (Å²) in [6, 6.07) is 9.78. The summed E-state index contributed by atoms with van der Waals surface area (Å²) in [7, 11) is 0. The van der Waals surface area contributed by atoms with E-state index in [-0.39, 0.29) is 12.4 Å². The largest absolute Gasteiger partial charge is 0.392 e. The van der Waals surface area contributed by atoms with Crippen molar-refractivity contribution in [1.82, 2.24) is 0 Å². The van der Waals surface area contributed by atoms with Crippen LogP contribution >= 0.6 is 0 Å². The topological polar surface area (TPSA) is 37.3 Å². The van der Waals surface area contributed by atoms with Crippen molar-refractivity contribution < 1.29 is 9.90 Å². The molecule has 0 fully saturated rings. The third kappa shape index (κ3) is 1.49. The molecule has 2 nitrogen and oxygen atoms in total. The van der Waals surface area contributed by atoms with Gasteiger partial charge in [-0.05, 0) is 17.6 Å². The highest BCUT2D eigenvalue weighted by Gasteiger charge is 2.22. The fourth-order valence-corrected chi connectivity index (χ4v) is 1.85. The lowest BCUT2D eigenvalue weighted by molar-refractivity contribution is -0.115. The van der Waals surface area contributed by atoms with E-state index in [1.54, 1.807) is 0 Å². The third-order valence-electron chi connectivity index (χ3n) is 2.58. The monoisotopic (exact) mass is 188 g/mol. The van der Waals surface area contributed by atoms with Gasteiger partial charge in [-0.1, -0.05) is 30.3 Å². The average Bonchev–Trinajstić information content (AvgIpc) is 2.61. The smallest absolute Gasteiger partial charge is 0.161 e. The molecule has 0 amide bonds. The van der Waals surface area contributed by atoms with Crippen molar-refractivity contribution in [1.29, 1.82) is 0 Å². The minimum Gasteiger partial charge on any atom is -0.392 e. The Balaban J connectivity index is 2.44. The number of carbonyl (C=O) groups excluding carboxylic acids is 1. The van der Waals surface area contributed by atoms with Gasteiger partial charge in [-0.2, -0.15) is 0 Å². The van der Waals surface area contributed by atoms with E-state index in [1.165, 1.54) is 0 Å². The number of ketones is 1. The van der Waals surface area contributed by atoms with Crippen LogP contribution in [-0.2, 0) is 4.79 Å². The predicted octanol–water partition coefficient (Wildman–Crippen LogP) is 1.80. The van der Waals surface area contributed by atoms with Gasteiger partial charge in [0.05, 0.1) is 6.61 Å². The summed E-state index contributed by atoms with van der Waals surface area (Å²) in [6.07, 6.45) is 1.30. The highest BCUT2D eigenvalue weighted by molar-refractivity contribution is 6.07. The Bertz CT molecular complexity index is 377. The first-order valence-electron chi connectivity index (χ1n) is 4.74. The summed E-state index contributed by atoms with van der Waals surface area (Å²) in [6.45, 7) is -0.136. The second-order valence-corrected chi connectivity index (χ2v) is 3.40. The second kappa shape index (κ2) is 3.76. The number of hydrogen-bond acceptors (Lipinski definition) is 2. The first-order valence-corrected chi connectivity index (χ1v) is 4.74. The zero-order valence-electron chi connectivity index (χ0n) is 7.86. The highest BCUT2D eigenvalue weighted by atomic mass is 16.3. The Morgan fingerprint density at radius 2 is 1.86 bits per heavy atom. The summed E-state index contributed by atoms with van der Waals surface area (Å²) >= 11 is 0.